The highest BCUT2D eigenvalue weighted by Crippen LogP contribution is 2.43. The fourth-order valence-corrected chi connectivity index (χ4v) is 10.2. The van der Waals surface area contributed by atoms with Crippen molar-refractivity contribution in [1.82, 2.24) is 5.32 Å². The van der Waals surface area contributed by atoms with Crippen LogP contribution in [0.5, 0.6) is 0 Å². The van der Waals surface area contributed by atoms with Gasteiger partial charge in [0.2, 0.25) is 5.91 Å². The summed E-state index contributed by atoms with van der Waals surface area (Å²) in [5, 5.41) is 13.9. The SMILES string of the molecule is CCCCCCCCCCCCCC/C=C/CC/C=C/CC/C=C/C(O)C(COP(=O)(O)OCC[N+](C)(C)C)NC(=O)CCCCCCCCCCCCCCCCCCCCCCCCCCCCCC. The van der Waals surface area contributed by atoms with Gasteiger partial charge in [-0.25, -0.2) is 4.57 Å². The monoisotopic (exact) mass is 1040 g/mol. The molecule has 0 aliphatic heterocycles. The Morgan fingerprint density at radius 2 is 0.764 bits per heavy atom. The fourth-order valence-electron chi connectivity index (χ4n) is 9.43. The van der Waals surface area contributed by atoms with Gasteiger partial charge < -0.3 is 19.8 Å². The number of carbonyl (C=O) groups is 1. The van der Waals surface area contributed by atoms with Crippen molar-refractivity contribution in [3.63, 3.8) is 0 Å². The second-order valence-corrected chi connectivity index (χ2v) is 24.2. The Bertz CT molecular complexity index is 1270. The summed E-state index contributed by atoms with van der Waals surface area (Å²) < 4.78 is 23.7. The van der Waals surface area contributed by atoms with E-state index in [1.807, 2.05) is 27.2 Å². The molecular formula is C63H124N2O6P+. The number of allylic oxidation sites excluding steroid dienone is 5. The smallest absolute Gasteiger partial charge is 0.387 e. The first-order valence-corrected chi connectivity index (χ1v) is 32.9. The van der Waals surface area contributed by atoms with Crippen molar-refractivity contribution in [2.45, 2.75) is 321 Å². The molecule has 0 saturated heterocycles. The third-order valence-corrected chi connectivity index (χ3v) is 15.3. The number of hydrogen-bond acceptors (Lipinski definition) is 5. The van der Waals surface area contributed by atoms with Crippen molar-refractivity contribution in [1.29, 1.82) is 0 Å². The number of nitrogens with one attached hydrogen (secondary N) is 1. The number of phosphoric acid groups is 1. The van der Waals surface area contributed by atoms with Crippen LogP contribution in [0.15, 0.2) is 36.5 Å². The highest BCUT2D eigenvalue weighted by Gasteiger charge is 2.27. The van der Waals surface area contributed by atoms with Gasteiger partial charge in [-0.2, -0.15) is 0 Å². The van der Waals surface area contributed by atoms with E-state index >= 15 is 0 Å². The van der Waals surface area contributed by atoms with Crippen LogP contribution in [-0.2, 0) is 18.4 Å². The lowest BCUT2D eigenvalue weighted by Gasteiger charge is -2.25. The Hall–Kier alpha value is -1.28. The molecule has 0 aliphatic carbocycles. The van der Waals surface area contributed by atoms with E-state index in [2.05, 4.69) is 43.5 Å². The second-order valence-electron chi connectivity index (χ2n) is 22.8. The molecule has 8 nitrogen and oxygen atoms in total. The molecule has 0 radical (unpaired) electrons. The normalized spacial score (nSPS) is 14.0. The zero-order valence-corrected chi connectivity index (χ0v) is 49.6. The summed E-state index contributed by atoms with van der Waals surface area (Å²) in [4.78, 5) is 23.3. The van der Waals surface area contributed by atoms with Crippen molar-refractivity contribution in [2.24, 2.45) is 0 Å². The number of likely N-dealkylation sites (N-methyl/N-ethyl adjacent to an activating group) is 1. The number of rotatable bonds is 58. The van der Waals surface area contributed by atoms with Gasteiger partial charge in [0.05, 0.1) is 39.9 Å². The Morgan fingerprint density at radius 3 is 1.11 bits per heavy atom. The highest BCUT2D eigenvalue weighted by molar-refractivity contribution is 7.47. The van der Waals surface area contributed by atoms with Crippen LogP contribution >= 0.6 is 7.82 Å². The van der Waals surface area contributed by atoms with Crippen LogP contribution in [0.25, 0.3) is 0 Å². The molecule has 0 aliphatic rings. The summed E-state index contributed by atoms with van der Waals surface area (Å²) in [7, 11) is 1.56. The number of aliphatic hydroxyl groups is 1. The van der Waals surface area contributed by atoms with E-state index in [0.29, 0.717) is 17.4 Å². The van der Waals surface area contributed by atoms with Gasteiger partial charge in [-0.05, 0) is 44.9 Å². The summed E-state index contributed by atoms with van der Waals surface area (Å²) >= 11 is 0. The zero-order valence-electron chi connectivity index (χ0n) is 48.7. The zero-order chi connectivity index (χ0) is 52.7. The van der Waals surface area contributed by atoms with Crippen LogP contribution < -0.4 is 5.32 Å². The molecule has 0 aromatic carbocycles. The van der Waals surface area contributed by atoms with Gasteiger partial charge in [-0.1, -0.05) is 294 Å². The van der Waals surface area contributed by atoms with Crippen molar-refractivity contribution in [3.8, 4) is 0 Å². The first-order chi connectivity index (χ1) is 35.0. The van der Waals surface area contributed by atoms with E-state index in [1.54, 1.807) is 6.08 Å². The molecular weight excluding hydrogens is 912 g/mol. The van der Waals surface area contributed by atoms with E-state index < -0.39 is 20.0 Å². The number of nitrogens with zero attached hydrogens (tertiary/aromatic N) is 1. The van der Waals surface area contributed by atoms with Crippen molar-refractivity contribution >= 4 is 13.7 Å². The van der Waals surface area contributed by atoms with Gasteiger partial charge >= 0.3 is 7.82 Å². The molecule has 3 N–H and O–H groups in total. The molecule has 0 bridgehead atoms. The minimum atomic E-state index is -4.36. The summed E-state index contributed by atoms with van der Waals surface area (Å²) in [6, 6.07) is -0.868. The number of amides is 1. The molecule has 0 fully saturated rings. The van der Waals surface area contributed by atoms with E-state index in [4.69, 9.17) is 9.05 Å². The molecule has 9 heteroatoms. The van der Waals surface area contributed by atoms with Crippen LogP contribution in [0, 0.1) is 0 Å². The molecule has 0 heterocycles. The maximum atomic E-state index is 13.0. The van der Waals surface area contributed by atoms with E-state index in [0.717, 1.165) is 44.9 Å². The lowest BCUT2D eigenvalue weighted by atomic mass is 10.0. The first kappa shape index (κ1) is 70.7. The topological polar surface area (TPSA) is 105 Å². The van der Waals surface area contributed by atoms with Gasteiger partial charge in [0.25, 0.3) is 0 Å². The maximum absolute atomic E-state index is 13.0. The molecule has 0 aromatic rings. The van der Waals surface area contributed by atoms with Crippen LogP contribution in [-0.4, -0.2) is 73.4 Å². The standard InChI is InChI=1S/C63H123N2O6P/c1-6-8-10-12-14-16-18-20-22-24-26-28-30-31-32-33-34-35-37-39-41-43-45-47-49-51-53-55-57-63(67)64-61(60-71-72(68,69)70-59-58-65(3,4)5)62(66)56-54-52-50-48-46-44-42-40-38-36-29-27-25-23-21-19-17-15-13-11-9-7-2/h38,40,46,48,54,56,61-62,66H,6-37,39,41-45,47,49-53,55,57-60H2,1-5H3,(H-,64,67,68,69)/p+1/b40-38+,48-46+,56-54+. The lowest BCUT2D eigenvalue weighted by Crippen LogP contribution is -2.45. The van der Waals surface area contributed by atoms with E-state index in [1.165, 1.54) is 244 Å². The molecule has 1 amide bonds. The average Bonchev–Trinajstić information content (AvgIpc) is 3.34. The lowest BCUT2D eigenvalue weighted by molar-refractivity contribution is -0.870. The Morgan fingerprint density at radius 1 is 0.458 bits per heavy atom. The fraction of sp³-hybridized carbons (Fsp3) is 0.889. The molecule has 0 saturated carbocycles. The third kappa shape index (κ3) is 56.4. The molecule has 3 unspecified atom stereocenters. The molecule has 72 heavy (non-hydrogen) atoms. The van der Waals surface area contributed by atoms with Crippen LogP contribution in [0.3, 0.4) is 0 Å². The predicted molar refractivity (Wildman–Crippen MR) is 314 cm³/mol. The number of quaternary nitrogens is 1. The van der Waals surface area contributed by atoms with Crippen molar-refractivity contribution in [2.75, 3.05) is 40.9 Å². The third-order valence-electron chi connectivity index (χ3n) is 14.3. The van der Waals surface area contributed by atoms with Crippen LogP contribution in [0.4, 0.5) is 0 Å². The van der Waals surface area contributed by atoms with Crippen molar-refractivity contribution in [3.05, 3.63) is 36.5 Å². The summed E-state index contributed by atoms with van der Waals surface area (Å²) in [6.45, 7) is 4.83. The van der Waals surface area contributed by atoms with Gasteiger partial charge in [-0.3, -0.25) is 13.8 Å². The summed E-state index contributed by atoms with van der Waals surface area (Å²) in [5.41, 5.74) is 0. The molecule has 0 spiro atoms. The second kappa shape index (κ2) is 54.5. The Kier molecular flexibility index (Phi) is 53.5. The number of phosphoric ester groups is 1. The Balaban J connectivity index is 4.16. The number of carbonyl (C=O) groups excluding carboxylic acids is 1. The molecule has 0 aromatic heterocycles. The van der Waals surface area contributed by atoms with E-state index in [-0.39, 0.29) is 19.1 Å². The van der Waals surface area contributed by atoms with Crippen LogP contribution in [0.1, 0.15) is 309 Å². The predicted octanol–water partition coefficient (Wildman–Crippen LogP) is 19.3. The van der Waals surface area contributed by atoms with Gasteiger partial charge in [-0.15, -0.1) is 0 Å². The van der Waals surface area contributed by atoms with Gasteiger partial charge in [0, 0.05) is 6.42 Å². The van der Waals surface area contributed by atoms with Gasteiger partial charge in [0.1, 0.15) is 13.2 Å². The minimum absolute atomic E-state index is 0.0552. The minimum Gasteiger partial charge on any atom is -0.387 e. The number of hydrogen-bond donors (Lipinski definition) is 3. The molecule has 3 atom stereocenters. The summed E-state index contributed by atoms with van der Waals surface area (Å²) in [5.74, 6) is -0.185. The average molecular weight is 1040 g/mol. The molecule has 426 valence electrons. The van der Waals surface area contributed by atoms with E-state index in [9.17, 15) is 19.4 Å². The quantitative estimate of drug-likeness (QED) is 0.0243. The Labute approximate surface area is 448 Å². The summed E-state index contributed by atoms with van der Waals surface area (Å²) in [6.07, 6.45) is 71.3. The maximum Gasteiger partial charge on any atom is 0.472 e. The molecule has 0 rings (SSSR count). The van der Waals surface area contributed by atoms with Crippen LogP contribution in [0.2, 0.25) is 0 Å². The van der Waals surface area contributed by atoms with Crippen molar-refractivity contribution < 1.29 is 32.9 Å². The van der Waals surface area contributed by atoms with Gasteiger partial charge in [0.15, 0.2) is 0 Å². The largest absolute Gasteiger partial charge is 0.472 e. The highest BCUT2D eigenvalue weighted by atomic mass is 31.2. The first-order valence-electron chi connectivity index (χ1n) is 31.4. The number of aliphatic hydroxyl groups excluding tert-OH is 1. The number of unbranched alkanes of at least 4 members (excludes halogenated alkanes) is 41.